The molecule has 0 bridgehead atoms. The molecule has 160 valence electrons. The molecule has 2 aromatic carbocycles. The number of hydrogen-bond donors (Lipinski definition) is 2. The molecule has 1 aliphatic carbocycles. The van der Waals surface area contributed by atoms with E-state index in [1.54, 1.807) is 32.3 Å². The number of halogens is 2. The summed E-state index contributed by atoms with van der Waals surface area (Å²) < 4.78 is 14.9. The number of carbonyl (C=O) groups excluding carboxylic acids is 2. The lowest BCUT2D eigenvalue weighted by Gasteiger charge is -2.24. The van der Waals surface area contributed by atoms with Gasteiger partial charge >= 0.3 is 6.03 Å². The summed E-state index contributed by atoms with van der Waals surface area (Å²) in [6, 6.07) is 7.92. The van der Waals surface area contributed by atoms with Gasteiger partial charge in [-0.15, -0.1) is 0 Å². The van der Waals surface area contributed by atoms with Crippen molar-refractivity contribution in [1.82, 2.24) is 9.80 Å². The van der Waals surface area contributed by atoms with Crippen LogP contribution in [0.4, 0.5) is 20.6 Å². The molecule has 0 saturated heterocycles. The molecule has 3 N–H and O–H groups in total. The molecule has 0 aromatic heterocycles. The van der Waals surface area contributed by atoms with Gasteiger partial charge in [0.25, 0.3) is 0 Å². The molecule has 3 rings (SSSR count). The lowest BCUT2D eigenvalue weighted by atomic mass is 10.0. The Balaban J connectivity index is 1.81. The Kier molecular flexibility index (Phi) is 6.82. The molecule has 6 nitrogen and oxygen atoms in total. The second kappa shape index (κ2) is 9.34. The van der Waals surface area contributed by atoms with Gasteiger partial charge < -0.3 is 25.6 Å². The largest absolute Gasteiger partial charge is 0.396 e. The van der Waals surface area contributed by atoms with Crippen LogP contribution in [-0.4, -0.2) is 49.3 Å². The highest BCUT2D eigenvalue weighted by Crippen LogP contribution is 2.39. The quantitative estimate of drug-likeness (QED) is 0.483. The zero-order valence-electron chi connectivity index (χ0n) is 17.1. The van der Waals surface area contributed by atoms with Crippen LogP contribution < -0.4 is 11.1 Å². The molecule has 0 spiro atoms. The van der Waals surface area contributed by atoms with Crippen LogP contribution in [0.2, 0.25) is 5.02 Å². The first-order valence-electron chi connectivity index (χ1n) is 9.82. The molecular formula is C22H26ClFN4O2. The van der Waals surface area contributed by atoms with Gasteiger partial charge in [-0.2, -0.15) is 0 Å². The van der Waals surface area contributed by atoms with E-state index in [4.69, 9.17) is 17.3 Å². The van der Waals surface area contributed by atoms with E-state index < -0.39 is 5.82 Å². The first-order chi connectivity index (χ1) is 14.3. The second-order valence-electron chi connectivity index (χ2n) is 7.75. The summed E-state index contributed by atoms with van der Waals surface area (Å²) in [7, 11) is 3.19. The van der Waals surface area contributed by atoms with Crippen molar-refractivity contribution in [2.45, 2.75) is 19.4 Å². The first kappa shape index (κ1) is 21.9. The van der Waals surface area contributed by atoms with E-state index in [-0.39, 0.29) is 19.1 Å². The van der Waals surface area contributed by atoms with Gasteiger partial charge in [0.15, 0.2) is 0 Å². The van der Waals surface area contributed by atoms with Crippen LogP contribution >= 0.6 is 11.6 Å². The minimum Gasteiger partial charge on any atom is -0.396 e. The first-order valence-corrected chi connectivity index (χ1v) is 10.2. The Hall–Kier alpha value is -2.80. The molecule has 2 aromatic rings. The van der Waals surface area contributed by atoms with Crippen LogP contribution in [0.3, 0.4) is 0 Å². The number of anilines is 2. The maximum absolute atomic E-state index is 14.9. The maximum atomic E-state index is 14.9. The number of nitrogens with zero attached hydrogens (tertiary/aromatic N) is 2. The summed E-state index contributed by atoms with van der Waals surface area (Å²) >= 11 is 6.45. The molecule has 0 atom stereocenters. The second-order valence-corrected chi connectivity index (χ2v) is 8.13. The summed E-state index contributed by atoms with van der Waals surface area (Å²) in [4.78, 5) is 25.8. The lowest BCUT2D eigenvalue weighted by molar-refractivity contribution is -0.108. The van der Waals surface area contributed by atoms with E-state index in [2.05, 4.69) is 5.32 Å². The van der Waals surface area contributed by atoms with Gasteiger partial charge in [-0.1, -0.05) is 29.8 Å². The molecular weight excluding hydrogens is 407 g/mol. The van der Waals surface area contributed by atoms with E-state index in [0.29, 0.717) is 39.6 Å². The van der Waals surface area contributed by atoms with Crippen molar-refractivity contribution in [2.75, 3.05) is 38.2 Å². The fraction of sp³-hybridized carbons (Fsp3) is 0.364. The molecule has 1 saturated carbocycles. The van der Waals surface area contributed by atoms with Gasteiger partial charge in [-0.25, -0.2) is 9.18 Å². The van der Waals surface area contributed by atoms with Crippen molar-refractivity contribution >= 4 is 35.3 Å². The fourth-order valence-electron chi connectivity index (χ4n) is 3.21. The fourth-order valence-corrected chi connectivity index (χ4v) is 3.48. The topological polar surface area (TPSA) is 78.7 Å². The van der Waals surface area contributed by atoms with E-state index >= 15 is 0 Å². The average molecular weight is 433 g/mol. The molecule has 1 fully saturated rings. The zero-order valence-corrected chi connectivity index (χ0v) is 17.9. The van der Waals surface area contributed by atoms with Crippen molar-refractivity contribution in [1.29, 1.82) is 0 Å². The molecule has 0 radical (unpaired) electrons. The van der Waals surface area contributed by atoms with E-state index in [1.165, 1.54) is 28.7 Å². The van der Waals surface area contributed by atoms with Crippen molar-refractivity contribution in [3.63, 3.8) is 0 Å². The molecule has 30 heavy (non-hydrogen) atoms. The predicted octanol–water partition coefficient (Wildman–Crippen LogP) is 4.23. The van der Waals surface area contributed by atoms with Crippen molar-refractivity contribution in [3.05, 3.63) is 46.7 Å². The monoisotopic (exact) mass is 432 g/mol. The number of urea groups is 1. The van der Waals surface area contributed by atoms with Crippen LogP contribution in [0.15, 0.2) is 30.3 Å². The summed E-state index contributed by atoms with van der Waals surface area (Å²) in [6.45, 7) is 0.900. The van der Waals surface area contributed by atoms with Crippen molar-refractivity contribution in [2.24, 2.45) is 5.92 Å². The Morgan fingerprint density at radius 2 is 1.97 bits per heavy atom. The SMILES string of the molecule is CN(C)C(=O)N(CC=O)Cc1ccc(-c2ccc(NCC3CC3)c(N)c2Cl)c(F)c1. The molecule has 2 amide bonds. The van der Waals surface area contributed by atoms with Gasteiger partial charge in [0.05, 0.1) is 22.9 Å². The van der Waals surface area contributed by atoms with Crippen molar-refractivity contribution in [3.8, 4) is 11.1 Å². The minimum atomic E-state index is -0.476. The smallest absolute Gasteiger partial charge is 0.320 e. The zero-order chi connectivity index (χ0) is 21.8. The highest BCUT2D eigenvalue weighted by molar-refractivity contribution is 6.36. The Bertz CT molecular complexity index is 947. The van der Waals surface area contributed by atoms with Crippen LogP contribution in [0.25, 0.3) is 11.1 Å². The third-order valence-electron chi connectivity index (χ3n) is 5.10. The number of hydrogen-bond acceptors (Lipinski definition) is 4. The Morgan fingerprint density at radius 3 is 2.57 bits per heavy atom. The standard InChI is InChI=1S/C22H26ClFN4O2/c1-27(2)22(30)28(9-10-29)13-15-5-6-16(18(24)11-15)17-7-8-19(21(25)20(17)23)26-12-14-3-4-14/h5-8,10-11,14,26H,3-4,9,12-13,25H2,1-2H3. The number of nitrogens with two attached hydrogens (primary N) is 1. The maximum Gasteiger partial charge on any atom is 0.320 e. The van der Waals surface area contributed by atoms with Gasteiger partial charge in [0.1, 0.15) is 12.1 Å². The normalized spacial score (nSPS) is 13.1. The third kappa shape index (κ3) is 5.02. The molecule has 0 aliphatic heterocycles. The summed E-state index contributed by atoms with van der Waals surface area (Å²) in [5.74, 6) is 0.210. The van der Waals surface area contributed by atoms with E-state index in [1.807, 2.05) is 6.07 Å². The van der Waals surface area contributed by atoms with Crippen LogP contribution in [0.1, 0.15) is 18.4 Å². The Morgan fingerprint density at radius 1 is 1.27 bits per heavy atom. The lowest BCUT2D eigenvalue weighted by Crippen LogP contribution is -2.39. The van der Waals surface area contributed by atoms with E-state index in [0.717, 1.165) is 12.2 Å². The third-order valence-corrected chi connectivity index (χ3v) is 5.51. The number of aldehydes is 1. The van der Waals surface area contributed by atoms with Crippen LogP contribution in [-0.2, 0) is 11.3 Å². The van der Waals surface area contributed by atoms with Gasteiger partial charge in [0.2, 0.25) is 0 Å². The van der Waals surface area contributed by atoms with Crippen LogP contribution in [0, 0.1) is 11.7 Å². The summed E-state index contributed by atoms with van der Waals surface area (Å²) in [5, 5.41) is 3.60. The number of rotatable bonds is 8. The van der Waals surface area contributed by atoms with Gasteiger partial charge in [0, 0.05) is 38.3 Å². The molecule has 0 unspecified atom stereocenters. The number of nitrogens with one attached hydrogen (secondary N) is 1. The molecule has 0 heterocycles. The van der Waals surface area contributed by atoms with Crippen LogP contribution in [0.5, 0.6) is 0 Å². The number of benzene rings is 2. The summed E-state index contributed by atoms with van der Waals surface area (Å²) in [5.41, 5.74) is 8.71. The molecule has 8 heteroatoms. The summed E-state index contributed by atoms with van der Waals surface area (Å²) in [6.07, 6.45) is 3.09. The average Bonchev–Trinajstić information content (AvgIpc) is 3.53. The van der Waals surface area contributed by atoms with E-state index in [9.17, 15) is 14.0 Å². The highest BCUT2D eigenvalue weighted by atomic mass is 35.5. The Labute approximate surface area is 180 Å². The van der Waals surface area contributed by atoms with Crippen molar-refractivity contribution < 1.29 is 14.0 Å². The predicted molar refractivity (Wildman–Crippen MR) is 118 cm³/mol. The number of nitrogen functional groups attached to an aromatic ring is 1. The highest BCUT2D eigenvalue weighted by Gasteiger charge is 2.22. The number of carbonyl (C=O) groups is 2. The minimum absolute atomic E-state index is 0.0714. The molecule has 1 aliphatic rings. The van der Waals surface area contributed by atoms with Gasteiger partial charge in [-0.3, -0.25) is 0 Å². The van der Waals surface area contributed by atoms with Gasteiger partial charge in [-0.05, 0) is 36.5 Å². The number of amides is 2.